The Labute approximate surface area is 136 Å². The molecule has 0 spiro atoms. The maximum absolute atomic E-state index is 3.57. The number of aryl methyl sites for hydroxylation is 1. The number of rotatable bonds is 6. The second-order valence-corrected chi connectivity index (χ2v) is 6.85. The van der Waals surface area contributed by atoms with Gasteiger partial charge < -0.3 is 0 Å². The van der Waals surface area contributed by atoms with E-state index in [1.165, 1.54) is 64.4 Å². The van der Waals surface area contributed by atoms with E-state index in [2.05, 4.69) is 65.7 Å². The van der Waals surface area contributed by atoms with Crippen LogP contribution in [0.25, 0.3) is 11.1 Å². The molecular weight excluding hydrogens is 320 g/mol. The van der Waals surface area contributed by atoms with Gasteiger partial charge in [-0.05, 0) is 65.6 Å². The molecule has 0 aromatic heterocycles. The zero-order valence-corrected chi connectivity index (χ0v) is 14.2. The van der Waals surface area contributed by atoms with Crippen molar-refractivity contribution in [3.8, 4) is 11.1 Å². The molecule has 0 amide bonds. The molecule has 0 unspecified atom stereocenters. The summed E-state index contributed by atoms with van der Waals surface area (Å²) in [5.41, 5.74) is 7.26. The van der Waals surface area contributed by atoms with Gasteiger partial charge in [-0.15, -0.1) is 0 Å². The molecule has 0 saturated heterocycles. The molecule has 21 heavy (non-hydrogen) atoms. The minimum absolute atomic E-state index is 1.08. The van der Waals surface area contributed by atoms with E-state index < -0.39 is 0 Å². The number of unbranched alkanes of at least 4 members (excludes halogenated alkanes) is 4. The van der Waals surface area contributed by atoms with E-state index in [9.17, 15) is 0 Å². The highest BCUT2D eigenvalue weighted by Gasteiger charge is 2.18. The van der Waals surface area contributed by atoms with Crippen molar-refractivity contribution in [3.63, 3.8) is 0 Å². The summed E-state index contributed by atoms with van der Waals surface area (Å²) in [4.78, 5) is 0. The third kappa shape index (κ3) is 3.40. The lowest BCUT2D eigenvalue weighted by molar-refractivity contribution is 0.744. The van der Waals surface area contributed by atoms with E-state index in [1.54, 1.807) is 0 Å². The summed E-state index contributed by atoms with van der Waals surface area (Å²) >= 11 is 3.57. The maximum atomic E-state index is 3.57. The minimum atomic E-state index is 1.08. The average molecular weight is 342 g/mol. The van der Waals surface area contributed by atoms with Gasteiger partial charge >= 0.3 is 0 Å². The molecule has 0 N–H and O–H groups in total. The van der Waals surface area contributed by atoms with E-state index in [0.29, 0.717) is 0 Å². The van der Waals surface area contributed by atoms with Crippen LogP contribution in [0, 0.1) is 6.42 Å². The number of fused-ring (bicyclic) bond motifs is 3. The maximum Gasteiger partial charge on any atom is 0.0178 e. The van der Waals surface area contributed by atoms with Crippen molar-refractivity contribution < 1.29 is 0 Å². The average Bonchev–Trinajstić information content (AvgIpc) is 2.83. The lowest BCUT2D eigenvalue weighted by Gasteiger charge is -2.05. The van der Waals surface area contributed by atoms with Gasteiger partial charge in [0.2, 0.25) is 0 Å². The standard InChI is InChI=1S/C20H22Br/c1-2-3-4-5-6-7-15-8-10-19-16(12-15)13-17-14-18(21)9-11-20(17)19/h5,8-12,14H,2-4,6-7,13H2,1H3. The van der Waals surface area contributed by atoms with E-state index in [1.807, 2.05) is 0 Å². The Morgan fingerprint density at radius 2 is 1.76 bits per heavy atom. The summed E-state index contributed by atoms with van der Waals surface area (Å²) in [6.07, 6.45) is 9.80. The van der Waals surface area contributed by atoms with Crippen LogP contribution < -0.4 is 0 Å². The molecule has 1 aliphatic carbocycles. The van der Waals surface area contributed by atoms with Crippen LogP contribution in [0.5, 0.6) is 0 Å². The Kier molecular flexibility index (Phi) is 4.80. The molecule has 0 aliphatic heterocycles. The Bertz CT molecular complexity index is 628. The van der Waals surface area contributed by atoms with Crippen LogP contribution >= 0.6 is 15.9 Å². The van der Waals surface area contributed by atoms with E-state index >= 15 is 0 Å². The first-order valence-electron chi connectivity index (χ1n) is 8.00. The second kappa shape index (κ2) is 6.79. The molecule has 1 heteroatoms. The van der Waals surface area contributed by atoms with Crippen molar-refractivity contribution >= 4 is 15.9 Å². The largest absolute Gasteiger partial charge is 0.0654 e. The molecule has 0 nitrogen and oxygen atoms in total. The first-order valence-corrected chi connectivity index (χ1v) is 8.79. The van der Waals surface area contributed by atoms with Gasteiger partial charge in [-0.25, -0.2) is 0 Å². The lowest BCUT2D eigenvalue weighted by Crippen LogP contribution is -1.89. The molecule has 1 radical (unpaired) electrons. The van der Waals surface area contributed by atoms with Gasteiger partial charge in [0.15, 0.2) is 0 Å². The molecule has 0 saturated carbocycles. The lowest BCUT2D eigenvalue weighted by atomic mass is 10.00. The van der Waals surface area contributed by atoms with Gasteiger partial charge in [0, 0.05) is 4.47 Å². The van der Waals surface area contributed by atoms with Gasteiger partial charge in [-0.2, -0.15) is 0 Å². The Hall–Kier alpha value is -1.08. The number of benzene rings is 2. The number of halogens is 1. The van der Waals surface area contributed by atoms with Crippen LogP contribution in [0.2, 0.25) is 0 Å². The van der Waals surface area contributed by atoms with Crippen LogP contribution in [0.1, 0.15) is 49.3 Å². The molecule has 0 fully saturated rings. The van der Waals surface area contributed by atoms with Crippen LogP contribution in [-0.4, -0.2) is 0 Å². The normalized spacial score (nSPS) is 12.3. The van der Waals surface area contributed by atoms with Crippen LogP contribution in [0.4, 0.5) is 0 Å². The van der Waals surface area contributed by atoms with E-state index in [0.717, 1.165) is 6.42 Å². The van der Waals surface area contributed by atoms with Crippen LogP contribution in [0.15, 0.2) is 40.9 Å². The molecule has 2 aromatic rings. The topological polar surface area (TPSA) is 0 Å². The molecular formula is C20H22Br. The van der Waals surface area contributed by atoms with E-state index in [-0.39, 0.29) is 0 Å². The van der Waals surface area contributed by atoms with Gasteiger partial charge in [-0.3, -0.25) is 0 Å². The fourth-order valence-corrected chi connectivity index (χ4v) is 3.56. The fraction of sp³-hybridized carbons (Fsp3) is 0.350. The van der Waals surface area contributed by atoms with Crippen LogP contribution in [0.3, 0.4) is 0 Å². The minimum Gasteiger partial charge on any atom is -0.0654 e. The van der Waals surface area contributed by atoms with Crippen molar-refractivity contribution in [1.29, 1.82) is 0 Å². The molecule has 0 bridgehead atoms. The van der Waals surface area contributed by atoms with Crippen molar-refractivity contribution in [2.75, 3.05) is 0 Å². The summed E-state index contributed by atoms with van der Waals surface area (Å²) in [6.45, 7) is 2.25. The second-order valence-electron chi connectivity index (χ2n) is 5.94. The van der Waals surface area contributed by atoms with Crippen molar-refractivity contribution in [3.05, 3.63) is 64.0 Å². The molecule has 0 heterocycles. The highest BCUT2D eigenvalue weighted by atomic mass is 79.9. The smallest absolute Gasteiger partial charge is 0.0178 e. The molecule has 0 atom stereocenters. The summed E-state index contributed by atoms with van der Waals surface area (Å²) in [5, 5.41) is 0. The van der Waals surface area contributed by atoms with Gasteiger partial charge in [0.05, 0.1) is 0 Å². The SMILES string of the molecule is CCCC[CH]CCc1ccc2c(c1)Cc1cc(Br)ccc1-2. The van der Waals surface area contributed by atoms with E-state index in [4.69, 9.17) is 0 Å². The molecule has 2 aromatic carbocycles. The zero-order chi connectivity index (χ0) is 14.7. The summed E-state index contributed by atoms with van der Waals surface area (Å²) in [5.74, 6) is 0. The quantitative estimate of drug-likeness (QED) is 0.458. The van der Waals surface area contributed by atoms with Crippen molar-refractivity contribution in [1.82, 2.24) is 0 Å². The first-order chi connectivity index (χ1) is 10.3. The summed E-state index contributed by atoms with van der Waals surface area (Å²) < 4.78 is 1.18. The highest BCUT2D eigenvalue weighted by Crippen LogP contribution is 2.38. The van der Waals surface area contributed by atoms with Gasteiger partial charge in [0.1, 0.15) is 0 Å². The van der Waals surface area contributed by atoms with Gasteiger partial charge in [0.25, 0.3) is 0 Å². The fourth-order valence-electron chi connectivity index (χ4n) is 3.15. The summed E-state index contributed by atoms with van der Waals surface area (Å²) in [7, 11) is 0. The van der Waals surface area contributed by atoms with Crippen molar-refractivity contribution in [2.45, 2.75) is 45.4 Å². The Morgan fingerprint density at radius 3 is 2.57 bits per heavy atom. The molecule has 3 rings (SSSR count). The van der Waals surface area contributed by atoms with Crippen LogP contribution in [-0.2, 0) is 12.8 Å². The third-order valence-electron chi connectivity index (χ3n) is 4.31. The highest BCUT2D eigenvalue weighted by molar-refractivity contribution is 9.10. The third-order valence-corrected chi connectivity index (χ3v) is 4.80. The van der Waals surface area contributed by atoms with Crippen molar-refractivity contribution in [2.24, 2.45) is 0 Å². The monoisotopic (exact) mass is 341 g/mol. The number of hydrogen-bond donors (Lipinski definition) is 0. The molecule has 109 valence electrons. The van der Waals surface area contributed by atoms with Gasteiger partial charge in [-0.1, -0.05) is 66.4 Å². The Morgan fingerprint density at radius 1 is 1.00 bits per heavy atom. The predicted octanol–water partition coefficient (Wildman–Crippen LogP) is 6.35. The first kappa shape index (κ1) is 14.8. The summed E-state index contributed by atoms with van der Waals surface area (Å²) in [6, 6.07) is 13.7. The zero-order valence-electron chi connectivity index (χ0n) is 12.7. The predicted molar refractivity (Wildman–Crippen MR) is 94.5 cm³/mol. The number of hydrogen-bond acceptors (Lipinski definition) is 0. The Balaban J connectivity index is 1.67. The molecule has 1 aliphatic rings.